The van der Waals surface area contributed by atoms with Crippen LogP contribution in [0.5, 0.6) is 0 Å². The maximum absolute atomic E-state index is 12.9. The molecule has 5 heteroatoms. The summed E-state index contributed by atoms with van der Waals surface area (Å²) in [5.74, 6) is -0.856. The largest absolute Gasteiger partial charge is 0.294 e. The van der Waals surface area contributed by atoms with Gasteiger partial charge in [-0.2, -0.15) is 5.26 Å². The van der Waals surface area contributed by atoms with E-state index in [9.17, 15) is 10.1 Å². The lowest BCUT2D eigenvalue weighted by molar-refractivity contribution is 0.0971. The molecule has 28 heavy (non-hydrogen) atoms. The molecule has 0 aromatic heterocycles. The molecule has 0 heterocycles. The highest BCUT2D eigenvalue weighted by Gasteiger charge is 2.28. The molecule has 2 nitrogen and oxygen atoms in total. The quantitative estimate of drug-likeness (QED) is 0.350. The molecular weight excluding hydrogens is 457 g/mol. The van der Waals surface area contributed by atoms with E-state index in [0.717, 1.165) is 15.6 Å². The third-order valence-corrected chi connectivity index (χ3v) is 5.63. The normalized spacial score (nSPS) is 12.8. The van der Waals surface area contributed by atoms with Crippen LogP contribution in [0.15, 0.2) is 77.3 Å². The van der Waals surface area contributed by atoms with Crippen molar-refractivity contribution in [3.05, 3.63) is 104 Å². The molecule has 3 rings (SSSR count). The van der Waals surface area contributed by atoms with Crippen LogP contribution < -0.4 is 0 Å². The number of Topliss-reactive ketones (excluding diaryl/α,β-unsaturated/α-hetero) is 1. The van der Waals surface area contributed by atoms with E-state index in [1.165, 1.54) is 0 Å². The van der Waals surface area contributed by atoms with E-state index in [1.807, 2.05) is 36.4 Å². The van der Waals surface area contributed by atoms with Crippen molar-refractivity contribution in [1.82, 2.24) is 0 Å². The van der Waals surface area contributed by atoms with Gasteiger partial charge in [0.1, 0.15) is 0 Å². The first kappa shape index (κ1) is 20.6. The molecule has 3 aromatic rings. The summed E-state index contributed by atoms with van der Waals surface area (Å²) in [5.41, 5.74) is 2.30. The Morgan fingerprint density at radius 3 is 2.21 bits per heavy atom. The van der Waals surface area contributed by atoms with Crippen LogP contribution >= 0.6 is 39.1 Å². The van der Waals surface area contributed by atoms with Gasteiger partial charge in [0, 0.05) is 32.4 Å². The molecule has 0 N–H and O–H groups in total. The monoisotopic (exact) mass is 471 g/mol. The number of carbonyl (C=O) groups is 1. The maximum atomic E-state index is 12.9. The molecule has 2 atom stereocenters. The SMILES string of the molecule is N#C[C@H](c1cccc(Cl)c1)[C@@H](CC(=O)c1ccc(Br)cc1)c1ccc(Cl)cc1. The number of benzene rings is 3. The first-order valence-electron chi connectivity index (χ1n) is 8.67. The van der Waals surface area contributed by atoms with E-state index in [-0.39, 0.29) is 18.1 Å². The number of nitriles is 1. The number of halogens is 3. The number of nitrogens with zero attached hydrogens (tertiary/aromatic N) is 1. The van der Waals surface area contributed by atoms with E-state index < -0.39 is 5.92 Å². The molecule has 0 amide bonds. The molecule has 0 aliphatic heterocycles. The zero-order valence-corrected chi connectivity index (χ0v) is 17.9. The Hall–Kier alpha value is -2.12. The third-order valence-electron chi connectivity index (χ3n) is 4.62. The fraction of sp³-hybridized carbons (Fsp3) is 0.130. The predicted molar refractivity (Wildman–Crippen MR) is 117 cm³/mol. The van der Waals surface area contributed by atoms with E-state index in [1.54, 1.807) is 36.4 Å². The highest BCUT2D eigenvalue weighted by atomic mass is 79.9. The van der Waals surface area contributed by atoms with Crippen LogP contribution in [0.25, 0.3) is 0 Å². The van der Waals surface area contributed by atoms with Gasteiger partial charge in [-0.05, 0) is 47.5 Å². The van der Waals surface area contributed by atoms with E-state index in [0.29, 0.717) is 15.6 Å². The van der Waals surface area contributed by atoms with Gasteiger partial charge in [0.25, 0.3) is 0 Å². The number of rotatable bonds is 6. The molecular formula is C23H16BrCl2NO. The number of ketones is 1. The summed E-state index contributed by atoms with van der Waals surface area (Å²) in [6.07, 6.45) is 0.202. The van der Waals surface area contributed by atoms with Crippen molar-refractivity contribution >= 4 is 44.9 Å². The van der Waals surface area contributed by atoms with Gasteiger partial charge in [0.15, 0.2) is 5.78 Å². The highest BCUT2D eigenvalue weighted by Crippen LogP contribution is 2.37. The van der Waals surface area contributed by atoms with Crippen LogP contribution in [-0.2, 0) is 0 Å². The molecule has 0 saturated heterocycles. The highest BCUT2D eigenvalue weighted by molar-refractivity contribution is 9.10. The molecule has 0 saturated carbocycles. The van der Waals surface area contributed by atoms with Crippen LogP contribution in [0.3, 0.4) is 0 Å². The Bertz CT molecular complexity index is 1010. The van der Waals surface area contributed by atoms with Crippen LogP contribution in [0.4, 0.5) is 0 Å². The molecule has 0 unspecified atom stereocenters. The Labute approximate surface area is 182 Å². The average Bonchev–Trinajstić information content (AvgIpc) is 2.69. The minimum Gasteiger partial charge on any atom is -0.294 e. The van der Waals surface area contributed by atoms with E-state index in [2.05, 4.69) is 22.0 Å². The minimum atomic E-state index is -0.515. The summed E-state index contributed by atoms with van der Waals surface area (Å²) in [4.78, 5) is 12.9. The molecule has 0 radical (unpaired) electrons. The second kappa shape index (κ2) is 9.39. The lowest BCUT2D eigenvalue weighted by Crippen LogP contribution is -2.15. The van der Waals surface area contributed by atoms with Gasteiger partial charge in [-0.3, -0.25) is 4.79 Å². The van der Waals surface area contributed by atoms with Crippen molar-refractivity contribution < 1.29 is 4.79 Å². The summed E-state index contributed by atoms with van der Waals surface area (Å²) < 4.78 is 0.909. The smallest absolute Gasteiger partial charge is 0.163 e. The van der Waals surface area contributed by atoms with Gasteiger partial charge in [0.05, 0.1) is 12.0 Å². The molecule has 0 bridgehead atoms. The standard InChI is InChI=1S/C23H16BrCl2NO/c24-18-8-4-16(5-9-18)23(28)13-21(15-6-10-19(25)11-7-15)22(14-27)17-2-1-3-20(26)12-17/h1-12,21-22H,13H2/t21-,22+/m0/s1. The zero-order valence-electron chi connectivity index (χ0n) is 14.8. The topological polar surface area (TPSA) is 40.9 Å². The van der Waals surface area contributed by atoms with Crippen molar-refractivity contribution in [1.29, 1.82) is 5.26 Å². The third kappa shape index (κ3) is 5.02. The van der Waals surface area contributed by atoms with Crippen molar-refractivity contribution in [2.45, 2.75) is 18.3 Å². The Morgan fingerprint density at radius 1 is 0.929 bits per heavy atom. The van der Waals surface area contributed by atoms with Crippen molar-refractivity contribution in [3.63, 3.8) is 0 Å². The lowest BCUT2D eigenvalue weighted by Gasteiger charge is -2.23. The van der Waals surface area contributed by atoms with Crippen molar-refractivity contribution in [2.24, 2.45) is 0 Å². The van der Waals surface area contributed by atoms with Crippen LogP contribution in [0, 0.1) is 11.3 Å². The lowest BCUT2D eigenvalue weighted by atomic mass is 9.78. The van der Waals surface area contributed by atoms with Gasteiger partial charge in [-0.15, -0.1) is 0 Å². The molecule has 0 fully saturated rings. The summed E-state index contributed by atoms with van der Waals surface area (Å²) in [7, 11) is 0. The van der Waals surface area contributed by atoms with Gasteiger partial charge < -0.3 is 0 Å². The zero-order chi connectivity index (χ0) is 20.1. The molecule has 140 valence electrons. The van der Waals surface area contributed by atoms with Gasteiger partial charge >= 0.3 is 0 Å². The van der Waals surface area contributed by atoms with Crippen molar-refractivity contribution in [2.75, 3.05) is 0 Å². The first-order chi connectivity index (χ1) is 13.5. The summed E-state index contributed by atoms with van der Waals surface area (Å²) in [6, 6.07) is 24.1. The van der Waals surface area contributed by atoms with Crippen molar-refractivity contribution in [3.8, 4) is 6.07 Å². The van der Waals surface area contributed by atoms with Gasteiger partial charge in [-0.25, -0.2) is 0 Å². The van der Waals surface area contributed by atoms with Crippen LogP contribution in [0.1, 0.15) is 39.7 Å². The first-order valence-corrected chi connectivity index (χ1v) is 10.2. The maximum Gasteiger partial charge on any atom is 0.163 e. The van der Waals surface area contributed by atoms with E-state index in [4.69, 9.17) is 23.2 Å². The molecule has 0 aliphatic carbocycles. The Kier molecular flexibility index (Phi) is 6.91. The summed E-state index contributed by atoms with van der Waals surface area (Å²) in [5, 5.41) is 11.1. The fourth-order valence-electron chi connectivity index (χ4n) is 3.19. The summed E-state index contributed by atoms with van der Waals surface area (Å²) >= 11 is 15.5. The second-order valence-corrected chi connectivity index (χ2v) is 8.24. The minimum absolute atomic E-state index is 0.0188. The van der Waals surface area contributed by atoms with Crippen LogP contribution in [-0.4, -0.2) is 5.78 Å². The Balaban J connectivity index is 1.99. The summed E-state index contributed by atoms with van der Waals surface area (Å²) in [6.45, 7) is 0. The second-order valence-electron chi connectivity index (χ2n) is 6.45. The number of hydrogen-bond donors (Lipinski definition) is 0. The molecule has 3 aromatic carbocycles. The average molecular weight is 473 g/mol. The molecule has 0 aliphatic rings. The Morgan fingerprint density at radius 2 is 1.61 bits per heavy atom. The van der Waals surface area contributed by atoms with Gasteiger partial charge in [-0.1, -0.05) is 75.5 Å². The van der Waals surface area contributed by atoms with Crippen LogP contribution in [0.2, 0.25) is 10.0 Å². The van der Waals surface area contributed by atoms with E-state index >= 15 is 0 Å². The predicted octanol–water partition coefficient (Wildman–Crippen LogP) is 7.42. The number of carbonyl (C=O) groups excluding carboxylic acids is 1. The number of hydrogen-bond acceptors (Lipinski definition) is 2. The fourth-order valence-corrected chi connectivity index (χ4v) is 3.78. The van der Waals surface area contributed by atoms with Gasteiger partial charge in [0.2, 0.25) is 0 Å². The molecule has 0 spiro atoms.